The molecule has 0 bridgehead atoms. The molecule has 0 radical (unpaired) electrons. The number of carboxylic acid groups (broad SMARTS) is 1. The van der Waals surface area contributed by atoms with E-state index in [1.54, 1.807) is 0 Å². The van der Waals surface area contributed by atoms with Crippen molar-refractivity contribution in [2.24, 2.45) is 5.11 Å². The molecule has 0 fully saturated rings. The van der Waals surface area contributed by atoms with E-state index in [0.29, 0.717) is 10.6 Å². The maximum absolute atomic E-state index is 10.8. The number of aliphatic carboxylic acids is 1. The molecule has 0 aliphatic rings. The predicted octanol–water partition coefficient (Wildman–Crippen LogP) is 2.06. The van der Waals surface area contributed by atoms with Gasteiger partial charge in [-0.05, 0) is 35.2 Å². The molecule has 0 amide bonds. The summed E-state index contributed by atoms with van der Waals surface area (Å²) >= 11 is 5.82. The number of aliphatic hydroxyl groups is 2. The Balaban J connectivity index is 2.94. The van der Waals surface area contributed by atoms with Crippen molar-refractivity contribution in [3.8, 4) is 0 Å². The first-order valence-corrected chi connectivity index (χ1v) is 6.20. The van der Waals surface area contributed by atoms with Gasteiger partial charge in [0.2, 0.25) is 0 Å². The molecule has 0 aliphatic heterocycles. The summed E-state index contributed by atoms with van der Waals surface area (Å²) in [6.45, 7) is 0.0313. The number of hydrogen-bond donors (Lipinski definition) is 3. The van der Waals surface area contributed by atoms with Gasteiger partial charge in [-0.2, -0.15) is 0 Å². The third-order valence-electron chi connectivity index (χ3n) is 2.72. The van der Waals surface area contributed by atoms with Gasteiger partial charge in [-0.3, -0.25) is 4.79 Å². The molecule has 1 rings (SSSR count). The van der Waals surface area contributed by atoms with Crippen LogP contribution in [0.2, 0.25) is 5.02 Å². The summed E-state index contributed by atoms with van der Waals surface area (Å²) in [5.41, 5.74) is 8.78. The summed E-state index contributed by atoms with van der Waals surface area (Å²) in [6, 6.07) is 4.43. The molecule has 0 heterocycles. The minimum atomic E-state index is -1.29. The summed E-state index contributed by atoms with van der Waals surface area (Å²) in [5.74, 6) is -1.05. The summed E-state index contributed by atoms with van der Waals surface area (Å²) in [7, 11) is 0. The Morgan fingerprint density at radius 3 is 2.75 bits per heavy atom. The van der Waals surface area contributed by atoms with Crippen LogP contribution in [0.5, 0.6) is 0 Å². The van der Waals surface area contributed by atoms with Crippen LogP contribution >= 0.6 is 11.6 Å². The topological polar surface area (TPSA) is 127 Å². The molecule has 2 unspecified atom stereocenters. The van der Waals surface area contributed by atoms with Gasteiger partial charge in [0.25, 0.3) is 0 Å². The van der Waals surface area contributed by atoms with Crippen molar-refractivity contribution in [2.75, 3.05) is 6.54 Å². The van der Waals surface area contributed by atoms with Crippen molar-refractivity contribution in [3.05, 3.63) is 44.8 Å². The Bertz CT molecular complexity index is 531. The zero-order chi connectivity index (χ0) is 15.1. The highest BCUT2D eigenvalue weighted by atomic mass is 35.5. The van der Waals surface area contributed by atoms with Gasteiger partial charge in [-0.25, -0.2) is 0 Å². The third kappa shape index (κ3) is 4.71. The summed E-state index contributed by atoms with van der Waals surface area (Å²) in [6.07, 6.45) is -2.69. The van der Waals surface area contributed by atoms with Crippen molar-refractivity contribution in [3.63, 3.8) is 0 Å². The lowest BCUT2D eigenvalue weighted by molar-refractivity contribution is -0.136. The fraction of sp³-hybridized carbons (Fsp3) is 0.417. The SMILES string of the molecule is [N-]=[N+]=NCCC(O)C(O)c1cc(Cl)ccc1CC(=O)O. The molecule has 0 aromatic heterocycles. The molecule has 1 aromatic carbocycles. The van der Waals surface area contributed by atoms with E-state index in [-0.39, 0.29) is 24.9 Å². The fourth-order valence-corrected chi connectivity index (χ4v) is 1.95. The van der Waals surface area contributed by atoms with Crippen molar-refractivity contribution < 1.29 is 20.1 Å². The van der Waals surface area contributed by atoms with Gasteiger partial charge < -0.3 is 15.3 Å². The Morgan fingerprint density at radius 1 is 1.45 bits per heavy atom. The molecule has 0 aliphatic carbocycles. The second kappa shape index (κ2) is 7.72. The standard InChI is InChI=1S/C12H14ClN3O4/c13-8-2-1-7(5-11(18)19)9(6-8)12(20)10(17)3-4-15-16-14/h1-2,6,10,12,17,20H,3-5H2,(H,18,19). The van der Waals surface area contributed by atoms with E-state index in [2.05, 4.69) is 10.0 Å². The lowest BCUT2D eigenvalue weighted by Crippen LogP contribution is -2.21. The first-order chi connectivity index (χ1) is 9.45. The maximum atomic E-state index is 10.8. The molecule has 7 nitrogen and oxygen atoms in total. The highest BCUT2D eigenvalue weighted by Gasteiger charge is 2.22. The van der Waals surface area contributed by atoms with E-state index in [1.165, 1.54) is 18.2 Å². The van der Waals surface area contributed by atoms with E-state index in [0.717, 1.165) is 0 Å². The number of azide groups is 1. The number of carboxylic acids is 1. The van der Waals surface area contributed by atoms with Crippen LogP contribution in [0.3, 0.4) is 0 Å². The van der Waals surface area contributed by atoms with E-state index < -0.39 is 18.2 Å². The van der Waals surface area contributed by atoms with Gasteiger partial charge in [-0.1, -0.05) is 22.8 Å². The average Bonchev–Trinajstić information content (AvgIpc) is 2.39. The van der Waals surface area contributed by atoms with Crippen LogP contribution in [0, 0.1) is 0 Å². The zero-order valence-electron chi connectivity index (χ0n) is 10.5. The van der Waals surface area contributed by atoms with Gasteiger partial charge >= 0.3 is 5.97 Å². The second-order valence-corrected chi connectivity index (χ2v) is 4.61. The quantitative estimate of drug-likeness (QED) is 0.404. The second-order valence-electron chi connectivity index (χ2n) is 4.17. The maximum Gasteiger partial charge on any atom is 0.307 e. The van der Waals surface area contributed by atoms with Crippen molar-refractivity contribution >= 4 is 17.6 Å². The molecular weight excluding hydrogens is 286 g/mol. The van der Waals surface area contributed by atoms with Gasteiger partial charge in [-0.15, -0.1) is 0 Å². The van der Waals surface area contributed by atoms with Crippen LogP contribution in [0.25, 0.3) is 10.4 Å². The molecule has 0 spiro atoms. The molecule has 108 valence electrons. The highest BCUT2D eigenvalue weighted by Crippen LogP contribution is 2.26. The molecular formula is C12H14ClN3O4. The molecule has 2 atom stereocenters. The number of halogens is 1. The monoisotopic (exact) mass is 299 g/mol. The number of rotatable bonds is 7. The first kappa shape index (κ1) is 16.3. The molecule has 20 heavy (non-hydrogen) atoms. The Labute approximate surface area is 120 Å². The Morgan fingerprint density at radius 2 is 2.15 bits per heavy atom. The lowest BCUT2D eigenvalue weighted by atomic mass is 9.95. The summed E-state index contributed by atoms with van der Waals surface area (Å²) < 4.78 is 0. The van der Waals surface area contributed by atoms with E-state index in [1.807, 2.05) is 0 Å². The molecule has 0 saturated heterocycles. The number of carbonyl (C=O) groups is 1. The zero-order valence-corrected chi connectivity index (χ0v) is 11.2. The van der Waals surface area contributed by atoms with E-state index in [4.69, 9.17) is 22.2 Å². The van der Waals surface area contributed by atoms with Gasteiger partial charge in [0, 0.05) is 16.5 Å². The first-order valence-electron chi connectivity index (χ1n) is 5.82. The van der Waals surface area contributed by atoms with Crippen LogP contribution < -0.4 is 0 Å². The van der Waals surface area contributed by atoms with E-state index in [9.17, 15) is 15.0 Å². The predicted molar refractivity (Wildman–Crippen MR) is 72.4 cm³/mol. The van der Waals surface area contributed by atoms with Crippen molar-refractivity contribution in [1.82, 2.24) is 0 Å². The average molecular weight is 300 g/mol. The lowest BCUT2D eigenvalue weighted by Gasteiger charge is -2.20. The minimum Gasteiger partial charge on any atom is -0.481 e. The van der Waals surface area contributed by atoms with Gasteiger partial charge in [0.1, 0.15) is 6.10 Å². The largest absolute Gasteiger partial charge is 0.481 e. The number of aliphatic hydroxyl groups excluding tert-OH is 2. The van der Waals surface area contributed by atoms with Crippen LogP contribution in [0.4, 0.5) is 0 Å². The molecule has 8 heteroatoms. The molecule has 0 saturated carbocycles. The minimum absolute atomic E-state index is 0.0313. The highest BCUT2D eigenvalue weighted by molar-refractivity contribution is 6.30. The number of hydrogen-bond acceptors (Lipinski definition) is 4. The normalized spacial score (nSPS) is 13.3. The smallest absolute Gasteiger partial charge is 0.307 e. The third-order valence-corrected chi connectivity index (χ3v) is 2.96. The molecule has 1 aromatic rings. The fourth-order valence-electron chi connectivity index (χ4n) is 1.76. The summed E-state index contributed by atoms with van der Waals surface area (Å²) in [5, 5.41) is 32.3. The van der Waals surface area contributed by atoms with Crippen molar-refractivity contribution in [1.29, 1.82) is 0 Å². The summed E-state index contributed by atoms with van der Waals surface area (Å²) in [4.78, 5) is 13.3. The Kier molecular flexibility index (Phi) is 6.27. The van der Waals surface area contributed by atoms with Crippen LogP contribution in [-0.4, -0.2) is 33.9 Å². The van der Waals surface area contributed by atoms with Crippen LogP contribution in [-0.2, 0) is 11.2 Å². The van der Waals surface area contributed by atoms with E-state index >= 15 is 0 Å². The molecule has 3 N–H and O–H groups in total. The number of benzene rings is 1. The Hall–Kier alpha value is -1.79. The van der Waals surface area contributed by atoms with Gasteiger partial charge in [0.05, 0.1) is 12.5 Å². The van der Waals surface area contributed by atoms with Gasteiger partial charge in [0.15, 0.2) is 0 Å². The number of nitrogens with zero attached hydrogens (tertiary/aromatic N) is 3. The van der Waals surface area contributed by atoms with Crippen LogP contribution in [0.15, 0.2) is 23.3 Å². The van der Waals surface area contributed by atoms with Crippen LogP contribution in [0.1, 0.15) is 23.7 Å². The van der Waals surface area contributed by atoms with Crippen molar-refractivity contribution in [2.45, 2.75) is 25.0 Å².